The Bertz CT molecular complexity index is 731. The number of fused-ring (bicyclic) bond motifs is 3. The number of rotatable bonds is 4. The Morgan fingerprint density at radius 1 is 0.917 bits per heavy atom. The summed E-state index contributed by atoms with van der Waals surface area (Å²) in [6.07, 6.45) is 8.47. The predicted octanol–water partition coefficient (Wildman–Crippen LogP) is -0.139. The minimum Gasteiger partial charge on any atom is -1.00 e. The quantitative estimate of drug-likeness (QED) is 0.637. The second-order valence-corrected chi connectivity index (χ2v) is 8.41. The van der Waals surface area contributed by atoms with Crippen molar-refractivity contribution in [2.75, 3.05) is 0 Å². The summed E-state index contributed by atoms with van der Waals surface area (Å²) in [6, 6.07) is 18.1. The van der Waals surface area contributed by atoms with Gasteiger partial charge in [-0.3, -0.25) is 0 Å². The van der Waals surface area contributed by atoms with Crippen molar-refractivity contribution in [3.8, 4) is 11.1 Å². The fourth-order valence-corrected chi connectivity index (χ4v) is 6.49. The smallest absolute Gasteiger partial charge is 1.00 e. The van der Waals surface area contributed by atoms with Crippen molar-refractivity contribution in [1.29, 1.82) is 0 Å². The standard InChI is InChI=1S/C13H9.C8H11.2ClH.Ti/c1-3-7-12-10(5-1)9-11-6-2-4-8-13(11)12;1-2-5-8-6-3-4-7-8;;;/h1-9H;3,6H,2,4-5H2,1H3;2*1H;/q;;;;+2/p-2. The third-order valence-electron chi connectivity index (χ3n) is 4.70. The number of halogens is 2. The van der Waals surface area contributed by atoms with E-state index < -0.39 is 0 Å². The Morgan fingerprint density at radius 3 is 2.08 bits per heavy atom. The molecule has 0 N–H and O–H groups in total. The van der Waals surface area contributed by atoms with Crippen LogP contribution >= 0.6 is 0 Å². The second-order valence-electron chi connectivity index (χ2n) is 6.11. The van der Waals surface area contributed by atoms with E-state index in [9.17, 15) is 0 Å². The molecule has 2 aromatic carbocycles. The molecule has 0 nitrogen and oxygen atoms in total. The van der Waals surface area contributed by atoms with Gasteiger partial charge < -0.3 is 24.8 Å². The van der Waals surface area contributed by atoms with E-state index in [2.05, 4.69) is 67.6 Å². The van der Waals surface area contributed by atoms with E-state index in [1.54, 1.807) is 20.6 Å². The van der Waals surface area contributed by atoms with E-state index in [1.807, 2.05) is 0 Å². The molecular formula is C21H20Cl2Ti. The summed E-state index contributed by atoms with van der Waals surface area (Å²) in [4.78, 5) is 0. The van der Waals surface area contributed by atoms with E-state index in [0.717, 1.165) is 0 Å². The Kier molecular flexibility index (Phi) is 6.95. The van der Waals surface area contributed by atoms with Gasteiger partial charge in [-0.2, -0.15) is 0 Å². The molecule has 0 atom stereocenters. The maximum absolute atomic E-state index is 2.38. The molecule has 0 bridgehead atoms. The number of hydrogen-bond donors (Lipinski definition) is 0. The third kappa shape index (κ3) is 3.44. The Labute approximate surface area is 166 Å². The van der Waals surface area contributed by atoms with E-state index >= 15 is 0 Å². The molecule has 0 radical (unpaired) electrons. The van der Waals surface area contributed by atoms with Crippen molar-refractivity contribution in [3.05, 3.63) is 81.3 Å². The van der Waals surface area contributed by atoms with Gasteiger partial charge in [-0.15, -0.1) is 0 Å². The third-order valence-corrected chi connectivity index (χ3v) is 7.49. The van der Waals surface area contributed by atoms with Crippen LogP contribution < -0.4 is 24.8 Å². The second kappa shape index (κ2) is 8.54. The number of allylic oxidation sites excluding steroid dienone is 4. The van der Waals surface area contributed by atoms with Gasteiger partial charge in [-0.25, -0.2) is 0 Å². The molecule has 0 amide bonds. The van der Waals surface area contributed by atoms with E-state index in [4.69, 9.17) is 0 Å². The summed E-state index contributed by atoms with van der Waals surface area (Å²) in [5.41, 5.74) is 7.72. The molecule has 2 aromatic rings. The number of benzene rings is 2. The molecule has 4 rings (SSSR count). The first kappa shape index (κ1) is 19.5. The van der Waals surface area contributed by atoms with Gasteiger partial charge in [0.2, 0.25) is 0 Å². The molecule has 2 aliphatic carbocycles. The molecule has 0 fully saturated rings. The van der Waals surface area contributed by atoms with E-state index in [-0.39, 0.29) is 44.0 Å². The van der Waals surface area contributed by atoms with Crippen molar-refractivity contribution >= 4 is 0 Å². The normalized spacial score (nSPS) is 14.5. The van der Waals surface area contributed by atoms with Gasteiger partial charge in [0, 0.05) is 0 Å². The van der Waals surface area contributed by atoms with Gasteiger partial charge in [-0.05, 0) is 0 Å². The minimum absolute atomic E-state index is 0. The first-order valence-electron chi connectivity index (χ1n) is 8.22. The summed E-state index contributed by atoms with van der Waals surface area (Å²) in [7, 11) is 0. The molecule has 0 spiro atoms. The van der Waals surface area contributed by atoms with Crippen LogP contribution in [0.5, 0.6) is 0 Å². The van der Waals surface area contributed by atoms with E-state index in [1.165, 1.54) is 30.4 Å². The van der Waals surface area contributed by atoms with Crippen LogP contribution in [0.25, 0.3) is 11.1 Å². The summed E-state index contributed by atoms with van der Waals surface area (Å²) in [5, 5.41) is 0. The van der Waals surface area contributed by atoms with Gasteiger partial charge in [0.1, 0.15) is 0 Å². The Hall–Kier alpha value is -0.786. The van der Waals surface area contributed by atoms with Crippen LogP contribution in [0.15, 0.2) is 70.1 Å². The van der Waals surface area contributed by atoms with Gasteiger partial charge in [-0.1, -0.05) is 0 Å². The Balaban J connectivity index is 0.00000104. The van der Waals surface area contributed by atoms with Crippen molar-refractivity contribution in [3.63, 3.8) is 0 Å². The van der Waals surface area contributed by atoms with Crippen LogP contribution in [-0.2, 0) is 19.2 Å². The average molecular weight is 391 g/mol. The largest absolute Gasteiger partial charge is 1.00 e. The average Bonchev–Trinajstić information content (AvgIpc) is 3.12. The summed E-state index contributed by atoms with van der Waals surface area (Å²) >= 11 is -0.156. The predicted molar refractivity (Wildman–Crippen MR) is 89.4 cm³/mol. The fourth-order valence-electron chi connectivity index (χ4n) is 3.69. The number of hydrogen-bond acceptors (Lipinski definition) is 0. The molecule has 24 heavy (non-hydrogen) atoms. The van der Waals surface area contributed by atoms with Crippen molar-refractivity contribution in [2.45, 2.75) is 30.4 Å². The molecule has 0 heterocycles. The fraction of sp³-hybridized carbons (Fsp3) is 0.238. The maximum Gasteiger partial charge on any atom is -1.00 e. The molecule has 0 unspecified atom stereocenters. The molecule has 122 valence electrons. The van der Waals surface area contributed by atoms with E-state index in [0.29, 0.717) is 4.22 Å². The van der Waals surface area contributed by atoms with Gasteiger partial charge >= 0.3 is 142 Å². The van der Waals surface area contributed by atoms with Crippen LogP contribution in [0.1, 0.15) is 41.5 Å². The first-order chi connectivity index (χ1) is 10.9. The van der Waals surface area contributed by atoms with Gasteiger partial charge in [0.15, 0.2) is 0 Å². The zero-order chi connectivity index (χ0) is 14.9. The molecular weight excluding hydrogens is 371 g/mol. The van der Waals surface area contributed by atoms with Crippen LogP contribution in [-0.4, -0.2) is 0 Å². The van der Waals surface area contributed by atoms with Gasteiger partial charge in [0.05, 0.1) is 0 Å². The molecule has 0 saturated carbocycles. The summed E-state index contributed by atoms with van der Waals surface area (Å²) in [6.45, 7) is 2.29. The monoisotopic (exact) mass is 390 g/mol. The maximum atomic E-state index is 2.38. The summed E-state index contributed by atoms with van der Waals surface area (Å²) in [5.74, 6) is 0. The van der Waals surface area contributed by atoms with Crippen LogP contribution in [0, 0.1) is 0 Å². The van der Waals surface area contributed by atoms with Crippen molar-refractivity contribution < 1.29 is 44.0 Å². The molecule has 0 aliphatic heterocycles. The first-order valence-corrected chi connectivity index (χ1v) is 9.90. The molecule has 0 aromatic heterocycles. The van der Waals surface area contributed by atoms with Crippen LogP contribution in [0.2, 0.25) is 0 Å². The summed E-state index contributed by atoms with van der Waals surface area (Å²) < 4.78 is 2.44. The minimum atomic E-state index is -0.156. The molecule has 2 aliphatic rings. The van der Waals surface area contributed by atoms with Crippen molar-refractivity contribution in [2.24, 2.45) is 0 Å². The molecule has 3 heteroatoms. The Morgan fingerprint density at radius 2 is 1.50 bits per heavy atom. The topological polar surface area (TPSA) is 0 Å². The van der Waals surface area contributed by atoms with Gasteiger partial charge in [0.25, 0.3) is 0 Å². The molecule has 0 saturated heterocycles. The van der Waals surface area contributed by atoms with Crippen LogP contribution in [0.4, 0.5) is 0 Å². The zero-order valence-electron chi connectivity index (χ0n) is 13.7. The zero-order valence-corrected chi connectivity index (χ0v) is 16.8. The SMILES string of the molecule is CCCC1=[C]([Ti+2][CH]2c3ccccc3-c3ccccc32)CC=C1.[Cl-].[Cl-]. The van der Waals surface area contributed by atoms with Crippen molar-refractivity contribution in [1.82, 2.24) is 0 Å². The van der Waals surface area contributed by atoms with Crippen LogP contribution in [0.3, 0.4) is 0 Å².